The molecule has 0 spiro atoms. The summed E-state index contributed by atoms with van der Waals surface area (Å²) in [6, 6.07) is 14.1. The molecule has 0 aliphatic carbocycles. The zero-order chi connectivity index (χ0) is 9.26. The van der Waals surface area contributed by atoms with Crippen LogP contribution in [0.25, 0.3) is 10.8 Å². The highest BCUT2D eigenvalue weighted by molar-refractivity contribution is 9.10. The van der Waals surface area contributed by atoms with Gasteiger partial charge in [0, 0.05) is 5.39 Å². The zero-order valence-corrected chi connectivity index (χ0v) is 9.75. The van der Waals surface area contributed by atoms with E-state index in [-0.39, 0.29) is 12.4 Å². The van der Waals surface area contributed by atoms with E-state index in [9.17, 15) is 0 Å². The van der Waals surface area contributed by atoms with Gasteiger partial charge in [0.15, 0.2) is 0 Å². The quantitative estimate of drug-likeness (QED) is 0.491. The Morgan fingerprint density at radius 3 is 2.36 bits per heavy atom. The van der Waals surface area contributed by atoms with E-state index in [0.29, 0.717) is 0 Å². The van der Waals surface area contributed by atoms with Crippen molar-refractivity contribution in [2.75, 3.05) is 4.03 Å². The van der Waals surface area contributed by atoms with E-state index in [1.165, 1.54) is 9.42 Å². The van der Waals surface area contributed by atoms with Crippen molar-refractivity contribution < 1.29 is 0 Å². The van der Waals surface area contributed by atoms with Crippen molar-refractivity contribution >= 4 is 45.0 Å². The summed E-state index contributed by atoms with van der Waals surface area (Å²) >= 11 is 3.21. The Hall–Kier alpha value is -0.770. The molecule has 0 saturated heterocycles. The molecule has 4 heteroatoms. The van der Waals surface area contributed by atoms with Crippen molar-refractivity contribution in [1.82, 2.24) is 0 Å². The molecule has 14 heavy (non-hydrogen) atoms. The lowest BCUT2D eigenvalue weighted by Gasteiger charge is -2.11. The molecule has 0 bridgehead atoms. The molecule has 0 radical (unpaired) electrons. The largest absolute Gasteiger partial charge is 0.244 e. The van der Waals surface area contributed by atoms with Crippen LogP contribution in [0.3, 0.4) is 0 Å². The summed E-state index contributed by atoms with van der Waals surface area (Å²) in [4.78, 5) is 0. The molecule has 0 atom stereocenters. The van der Waals surface area contributed by atoms with Gasteiger partial charge >= 0.3 is 0 Å². The third-order valence-corrected chi connectivity index (χ3v) is 2.38. The molecule has 74 valence electrons. The molecule has 0 saturated carbocycles. The van der Waals surface area contributed by atoms with Crippen molar-refractivity contribution in [2.45, 2.75) is 0 Å². The third kappa shape index (κ3) is 2.00. The van der Waals surface area contributed by atoms with Crippen LogP contribution in [0.5, 0.6) is 0 Å². The molecule has 0 aliphatic rings. The molecule has 2 aromatic carbocycles. The molecule has 0 heterocycles. The molecule has 2 rings (SSSR count). The highest BCUT2D eigenvalue weighted by atomic mass is 79.9. The van der Waals surface area contributed by atoms with E-state index < -0.39 is 0 Å². The second kappa shape index (κ2) is 4.64. The maximum Gasteiger partial charge on any atom is 0.0724 e. The Balaban J connectivity index is 0.000000980. The van der Waals surface area contributed by atoms with Gasteiger partial charge in [0.1, 0.15) is 0 Å². The molecule has 0 aromatic heterocycles. The first-order valence-corrected chi connectivity index (χ1v) is 4.68. The van der Waals surface area contributed by atoms with Crippen LogP contribution in [0.4, 0.5) is 5.69 Å². The lowest BCUT2D eigenvalue weighted by molar-refractivity contribution is 1.24. The van der Waals surface area contributed by atoms with Crippen molar-refractivity contribution in [2.24, 2.45) is 5.84 Å². The summed E-state index contributed by atoms with van der Waals surface area (Å²) in [5.41, 5.74) is 0.970. The minimum Gasteiger partial charge on any atom is -0.244 e. The van der Waals surface area contributed by atoms with Gasteiger partial charge in [-0.05, 0) is 11.5 Å². The molecule has 0 fully saturated rings. The van der Waals surface area contributed by atoms with Gasteiger partial charge in [-0.25, -0.2) is 9.88 Å². The Bertz CT molecular complexity index is 426. The molecule has 0 aliphatic heterocycles. The molecule has 2 N–H and O–H groups in total. The summed E-state index contributed by atoms with van der Waals surface area (Å²) < 4.78 is 1.45. The first-order valence-electron chi connectivity index (χ1n) is 3.97. The van der Waals surface area contributed by atoms with Crippen molar-refractivity contribution in [3.63, 3.8) is 0 Å². The van der Waals surface area contributed by atoms with Crippen LogP contribution < -0.4 is 9.88 Å². The van der Waals surface area contributed by atoms with Gasteiger partial charge in [0.2, 0.25) is 0 Å². The van der Waals surface area contributed by atoms with Gasteiger partial charge in [-0.15, -0.1) is 12.4 Å². The van der Waals surface area contributed by atoms with Crippen molar-refractivity contribution in [3.8, 4) is 0 Å². The normalized spacial score (nSPS) is 9.57. The highest BCUT2D eigenvalue weighted by Crippen LogP contribution is 2.26. The second-order valence-corrected chi connectivity index (χ2v) is 3.57. The topological polar surface area (TPSA) is 29.3 Å². The predicted octanol–water partition coefficient (Wildman–Crippen LogP) is 3.25. The smallest absolute Gasteiger partial charge is 0.0724 e. The predicted molar refractivity (Wildman–Crippen MR) is 66.8 cm³/mol. The summed E-state index contributed by atoms with van der Waals surface area (Å²) in [5, 5.41) is 2.33. The van der Waals surface area contributed by atoms with Gasteiger partial charge in [-0.1, -0.05) is 36.4 Å². The highest BCUT2D eigenvalue weighted by Gasteiger charge is 2.01. The van der Waals surface area contributed by atoms with Crippen LogP contribution in [-0.4, -0.2) is 0 Å². The number of fused-ring (bicyclic) bond motifs is 1. The van der Waals surface area contributed by atoms with E-state index in [2.05, 4.69) is 28.3 Å². The minimum absolute atomic E-state index is 0. The van der Waals surface area contributed by atoms with Crippen LogP contribution in [0, 0.1) is 0 Å². The maximum absolute atomic E-state index is 5.63. The van der Waals surface area contributed by atoms with Gasteiger partial charge in [-0.2, -0.15) is 0 Å². The number of anilines is 1. The Kier molecular flexibility index (Phi) is 3.75. The van der Waals surface area contributed by atoms with Crippen LogP contribution >= 0.6 is 28.6 Å². The van der Waals surface area contributed by atoms with Crippen molar-refractivity contribution in [3.05, 3.63) is 42.5 Å². The lowest BCUT2D eigenvalue weighted by atomic mass is 10.1. The number of hydrogen-bond acceptors (Lipinski definition) is 2. The maximum atomic E-state index is 5.63. The van der Waals surface area contributed by atoms with Gasteiger partial charge in [-0.3, -0.25) is 0 Å². The number of halogens is 2. The first-order chi connectivity index (χ1) is 6.29. The van der Waals surface area contributed by atoms with Crippen LogP contribution in [0.15, 0.2) is 42.5 Å². The SMILES string of the molecule is Cl.NN(Br)c1cccc2ccccc12. The van der Waals surface area contributed by atoms with E-state index in [1.54, 1.807) is 0 Å². The number of nitrogens with zero attached hydrogens (tertiary/aromatic N) is 1. The number of rotatable bonds is 1. The van der Waals surface area contributed by atoms with Crippen LogP contribution in [0.2, 0.25) is 0 Å². The van der Waals surface area contributed by atoms with Gasteiger partial charge in [0.25, 0.3) is 0 Å². The standard InChI is InChI=1S/C10H9BrN2.ClH/c11-13(12)10-7-3-5-8-4-1-2-6-9(8)10;/h1-7H,12H2;1H. The molecular formula is C10H10BrClN2. The second-order valence-electron chi connectivity index (χ2n) is 2.81. The average Bonchev–Trinajstić information content (AvgIpc) is 2.17. The Morgan fingerprint density at radius 2 is 1.64 bits per heavy atom. The average molecular weight is 274 g/mol. The zero-order valence-electron chi connectivity index (χ0n) is 7.35. The van der Waals surface area contributed by atoms with Gasteiger partial charge in [0.05, 0.1) is 21.8 Å². The third-order valence-electron chi connectivity index (χ3n) is 2.00. The summed E-state index contributed by atoms with van der Waals surface area (Å²) in [6.07, 6.45) is 0. The summed E-state index contributed by atoms with van der Waals surface area (Å²) in [7, 11) is 0. The summed E-state index contributed by atoms with van der Waals surface area (Å²) in [6.45, 7) is 0. The van der Waals surface area contributed by atoms with Crippen LogP contribution in [-0.2, 0) is 0 Å². The minimum atomic E-state index is 0. The number of benzene rings is 2. The Morgan fingerprint density at radius 1 is 1.00 bits per heavy atom. The molecule has 2 nitrogen and oxygen atoms in total. The van der Waals surface area contributed by atoms with Gasteiger partial charge < -0.3 is 0 Å². The number of nitrogens with two attached hydrogens (primary N) is 1. The van der Waals surface area contributed by atoms with Crippen LogP contribution in [0.1, 0.15) is 0 Å². The first kappa shape index (κ1) is 11.3. The summed E-state index contributed by atoms with van der Waals surface area (Å²) in [5.74, 6) is 5.63. The molecular weight excluding hydrogens is 263 g/mol. The fourth-order valence-corrected chi connectivity index (χ4v) is 1.70. The van der Waals surface area contributed by atoms with E-state index in [0.717, 1.165) is 11.1 Å². The van der Waals surface area contributed by atoms with E-state index >= 15 is 0 Å². The van der Waals surface area contributed by atoms with Crippen molar-refractivity contribution in [1.29, 1.82) is 0 Å². The number of hydrazine groups is 1. The molecule has 0 unspecified atom stereocenters. The Labute approximate surface area is 97.4 Å². The fraction of sp³-hybridized carbons (Fsp3) is 0. The monoisotopic (exact) mass is 272 g/mol. The lowest BCUT2D eigenvalue weighted by Crippen LogP contribution is -2.17. The number of hydrogen-bond donors (Lipinski definition) is 1. The fourth-order valence-electron chi connectivity index (χ4n) is 1.39. The van der Waals surface area contributed by atoms with E-state index in [1.807, 2.05) is 30.3 Å². The molecule has 0 amide bonds. The van der Waals surface area contributed by atoms with E-state index in [4.69, 9.17) is 5.84 Å². The molecule has 2 aromatic rings.